The average molecular weight is 274 g/mol. The third-order valence-corrected chi connectivity index (χ3v) is 2.66. The SMILES string of the molecule is COC(=O)c1cccc(NC(=O)c2nc(C)oc2C)c1. The number of nitrogens with zero attached hydrogens (tertiary/aromatic N) is 1. The van der Waals surface area contributed by atoms with Crippen LogP contribution in [0.25, 0.3) is 0 Å². The molecule has 0 aliphatic rings. The van der Waals surface area contributed by atoms with Crippen LogP contribution in [0.4, 0.5) is 5.69 Å². The molecule has 0 unspecified atom stereocenters. The van der Waals surface area contributed by atoms with Crippen LogP contribution >= 0.6 is 0 Å². The second-order valence-electron chi connectivity index (χ2n) is 4.16. The van der Waals surface area contributed by atoms with Crippen molar-refractivity contribution in [3.05, 3.63) is 47.2 Å². The molecular formula is C14H14N2O4. The molecule has 1 N–H and O–H groups in total. The largest absolute Gasteiger partial charge is 0.465 e. The van der Waals surface area contributed by atoms with Crippen molar-refractivity contribution in [2.24, 2.45) is 0 Å². The second kappa shape index (κ2) is 5.56. The van der Waals surface area contributed by atoms with Gasteiger partial charge in [0.2, 0.25) is 0 Å². The van der Waals surface area contributed by atoms with Gasteiger partial charge in [-0.3, -0.25) is 4.79 Å². The molecule has 0 fully saturated rings. The van der Waals surface area contributed by atoms with E-state index in [9.17, 15) is 9.59 Å². The number of amides is 1. The highest BCUT2D eigenvalue weighted by Crippen LogP contribution is 2.15. The fraction of sp³-hybridized carbons (Fsp3) is 0.214. The second-order valence-corrected chi connectivity index (χ2v) is 4.16. The fourth-order valence-electron chi connectivity index (χ4n) is 1.77. The fourth-order valence-corrected chi connectivity index (χ4v) is 1.77. The first kappa shape index (κ1) is 13.8. The number of anilines is 1. The number of oxazole rings is 1. The van der Waals surface area contributed by atoms with Crippen LogP contribution in [0.2, 0.25) is 0 Å². The van der Waals surface area contributed by atoms with E-state index in [1.165, 1.54) is 13.2 Å². The zero-order valence-electron chi connectivity index (χ0n) is 11.4. The summed E-state index contributed by atoms with van der Waals surface area (Å²) < 4.78 is 9.83. The van der Waals surface area contributed by atoms with Gasteiger partial charge in [-0.1, -0.05) is 6.07 Å². The minimum Gasteiger partial charge on any atom is -0.465 e. The van der Waals surface area contributed by atoms with E-state index in [4.69, 9.17) is 4.42 Å². The summed E-state index contributed by atoms with van der Waals surface area (Å²) in [5.41, 5.74) is 1.07. The van der Waals surface area contributed by atoms with Crippen molar-refractivity contribution in [1.82, 2.24) is 4.98 Å². The highest BCUT2D eigenvalue weighted by atomic mass is 16.5. The molecule has 1 aromatic carbocycles. The third-order valence-electron chi connectivity index (χ3n) is 2.66. The molecule has 0 spiro atoms. The van der Waals surface area contributed by atoms with Gasteiger partial charge in [0.1, 0.15) is 5.76 Å². The lowest BCUT2D eigenvalue weighted by Crippen LogP contribution is -2.14. The predicted molar refractivity (Wildman–Crippen MR) is 71.7 cm³/mol. The summed E-state index contributed by atoms with van der Waals surface area (Å²) in [4.78, 5) is 27.5. The molecule has 0 saturated carbocycles. The van der Waals surface area contributed by atoms with E-state index in [1.807, 2.05) is 0 Å². The van der Waals surface area contributed by atoms with Crippen LogP contribution < -0.4 is 5.32 Å². The topological polar surface area (TPSA) is 81.4 Å². The van der Waals surface area contributed by atoms with Gasteiger partial charge in [0, 0.05) is 12.6 Å². The summed E-state index contributed by atoms with van der Waals surface area (Å²) in [6.45, 7) is 3.33. The van der Waals surface area contributed by atoms with Crippen molar-refractivity contribution in [3.8, 4) is 0 Å². The van der Waals surface area contributed by atoms with Gasteiger partial charge in [-0.15, -0.1) is 0 Å². The first-order valence-electron chi connectivity index (χ1n) is 5.95. The predicted octanol–water partition coefficient (Wildman–Crippen LogP) is 2.33. The smallest absolute Gasteiger partial charge is 0.337 e. The van der Waals surface area contributed by atoms with Crippen LogP contribution in [0.3, 0.4) is 0 Å². The lowest BCUT2D eigenvalue weighted by molar-refractivity contribution is 0.0600. The highest BCUT2D eigenvalue weighted by Gasteiger charge is 2.16. The number of aryl methyl sites for hydroxylation is 2. The van der Waals surface area contributed by atoms with Gasteiger partial charge >= 0.3 is 5.97 Å². The maximum absolute atomic E-state index is 12.0. The van der Waals surface area contributed by atoms with Crippen LogP contribution in [0.15, 0.2) is 28.7 Å². The minimum atomic E-state index is -0.463. The average Bonchev–Trinajstić information content (AvgIpc) is 2.77. The van der Waals surface area contributed by atoms with Crippen LogP contribution in [0, 0.1) is 13.8 Å². The molecule has 0 bridgehead atoms. The van der Waals surface area contributed by atoms with Gasteiger partial charge < -0.3 is 14.5 Å². The molecule has 20 heavy (non-hydrogen) atoms. The summed E-state index contributed by atoms with van der Waals surface area (Å²) in [5, 5.41) is 2.66. The molecule has 0 atom stereocenters. The van der Waals surface area contributed by atoms with Crippen molar-refractivity contribution in [2.75, 3.05) is 12.4 Å². The van der Waals surface area contributed by atoms with E-state index >= 15 is 0 Å². The quantitative estimate of drug-likeness (QED) is 0.869. The summed E-state index contributed by atoms with van der Waals surface area (Å²) in [6.07, 6.45) is 0. The lowest BCUT2D eigenvalue weighted by Gasteiger charge is -2.05. The van der Waals surface area contributed by atoms with E-state index in [-0.39, 0.29) is 11.6 Å². The molecule has 1 aromatic heterocycles. The Morgan fingerprint density at radius 1 is 1.30 bits per heavy atom. The van der Waals surface area contributed by atoms with Crippen molar-refractivity contribution in [2.45, 2.75) is 13.8 Å². The van der Waals surface area contributed by atoms with Crippen molar-refractivity contribution < 1.29 is 18.7 Å². The molecule has 104 valence electrons. The Morgan fingerprint density at radius 3 is 2.65 bits per heavy atom. The normalized spacial score (nSPS) is 10.2. The monoisotopic (exact) mass is 274 g/mol. The van der Waals surface area contributed by atoms with Crippen LogP contribution in [0.1, 0.15) is 32.5 Å². The zero-order chi connectivity index (χ0) is 14.7. The summed E-state index contributed by atoms with van der Waals surface area (Å²) in [7, 11) is 1.30. The lowest BCUT2D eigenvalue weighted by atomic mass is 10.2. The molecule has 2 rings (SSSR count). The zero-order valence-corrected chi connectivity index (χ0v) is 11.4. The molecule has 6 heteroatoms. The molecule has 0 radical (unpaired) electrons. The number of hydrogen-bond donors (Lipinski definition) is 1. The van der Waals surface area contributed by atoms with Crippen LogP contribution in [-0.4, -0.2) is 24.0 Å². The molecule has 6 nitrogen and oxygen atoms in total. The van der Waals surface area contributed by atoms with Crippen LogP contribution in [-0.2, 0) is 4.74 Å². The minimum absolute atomic E-state index is 0.228. The Hall–Kier alpha value is -2.63. The molecule has 1 heterocycles. The van der Waals surface area contributed by atoms with Crippen LogP contribution in [0.5, 0.6) is 0 Å². The van der Waals surface area contributed by atoms with Gasteiger partial charge in [-0.2, -0.15) is 0 Å². The van der Waals surface area contributed by atoms with Crippen molar-refractivity contribution >= 4 is 17.6 Å². The van der Waals surface area contributed by atoms with E-state index < -0.39 is 5.97 Å². The Labute approximate surface area is 115 Å². The van der Waals surface area contributed by atoms with Crippen molar-refractivity contribution in [1.29, 1.82) is 0 Å². The van der Waals surface area contributed by atoms with Crippen molar-refractivity contribution in [3.63, 3.8) is 0 Å². The Bertz CT molecular complexity index is 661. The molecule has 2 aromatic rings. The molecule has 0 aliphatic carbocycles. The number of rotatable bonds is 3. The van der Waals surface area contributed by atoms with E-state index in [0.717, 1.165) is 0 Å². The molecule has 1 amide bonds. The van der Waals surface area contributed by atoms with Gasteiger partial charge in [0.15, 0.2) is 11.6 Å². The molecule has 0 aliphatic heterocycles. The van der Waals surface area contributed by atoms with Gasteiger partial charge in [-0.25, -0.2) is 9.78 Å². The first-order chi connectivity index (χ1) is 9.51. The number of hydrogen-bond acceptors (Lipinski definition) is 5. The first-order valence-corrected chi connectivity index (χ1v) is 5.95. The molecule has 0 saturated heterocycles. The van der Waals surface area contributed by atoms with E-state index in [2.05, 4.69) is 15.0 Å². The number of carbonyl (C=O) groups excluding carboxylic acids is 2. The van der Waals surface area contributed by atoms with Gasteiger partial charge in [0.25, 0.3) is 5.91 Å². The van der Waals surface area contributed by atoms with Gasteiger partial charge in [-0.05, 0) is 25.1 Å². The Morgan fingerprint density at radius 2 is 2.05 bits per heavy atom. The Kier molecular flexibility index (Phi) is 3.84. The number of benzene rings is 1. The highest BCUT2D eigenvalue weighted by molar-refractivity contribution is 6.04. The number of ether oxygens (including phenoxy) is 1. The maximum Gasteiger partial charge on any atom is 0.337 e. The summed E-state index contributed by atoms with van der Waals surface area (Å²) >= 11 is 0. The number of aromatic nitrogens is 1. The van der Waals surface area contributed by atoms with Gasteiger partial charge in [0.05, 0.1) is 12.7 Å². The third kappa shape index (κ3) is 2.85. The number of esters is 1. The van der Waals surface area contributed by atoms with E-state index in [1.54, 1.807) is 32.0 Å². The maximum atomic E-state index is 12.0. The van der Waals surface area contributed by atoms with E-state index in [0.29, 0.717) is 22.9 Å². The Balaban J connectivity index is 2.20. The summed E-state index contributed by atoms with van der Waals surface area (Å²) in [5.74, 6) is 0.0241. The number of nitrogens with one attached hydrogen (secondary N) is 1. The summed E-state index contributed by atoms with van der Waals surface area (Å²) in [6, 6.07) is 6.47. The number of methoxy groups -OCH3 is 1. The molecular weight excluding hydrogens is 260 g/mol. The number of carbonyl (C=O) groups is 2. The standard InChI is InChI=1S/C14H14N2O4/c1-8-12(15-9(2)20-8)13(17)16-11-6-4-5-10(7-11)14(18)19-3/h4-7H,1-3H3,(H,16,17).